The number of likely N-dealkylation sites (N-methyl/N-ethyl adjacent to an activating group) is 2. The summed E-state index contributed by atoms with van der Waals surface area (Å²) in [5, 5.41) is 0. The van der Waals surface area contributed by atoms with Crippen LogP contribution in [0, 0.1) is 0 Å². The third-order valence-electron chi connectivity index (χ3n) is 6.70. The maximum absolute atomic E-state index is 13.0. The van der Waals surface area contributed by atoms with E-state index in [0.717, 1.165) is 51.1 Å². The van der Waals surface area contributed by atoms with Crippen LogP contribution in [-0.4, -0.2) is 71.6 Å². The SMILES string of the molecule is CCc1ccc(S(=O)(=O)NCC(c2ccc3c(c2)CCN3C)N2CCN(C)CC2)cc1. The molecule has 0 saturated carbocycles. The molecule has 6 nitrogen and oxygen atoms in total. The van der Waals surface area contributed by atoms with Crippen LogP contribution in [0.3, 0.4) is 0 Å². The Morgan fingerprint density at radius 2 is 1.68 bits per heavy atom. The molecule has 2 aromatic rings. The van der Waals surface area contributed by atoms with Crippen molar-refractivity contribution in [2.75, 3.05) is 58.3 Å². The molecule has 7 heteroatoms. The van der Waals surface area contributed by atoms with E-state index in [0.29, 0.717) is 11.4 Å². The predicted molar refractivity (Wildman–Crippen MR) is 126 cm³/mol. The van der Waals surface area contributed by atoms with Crippen LogP contribution in [0.2, 0.25) is 0 Å². The van der Waals surface area contributed by atoms with Gasteiger partial charge in [-0.05, 0) is 54.8 Å². The zero-order chi connectivity index (χ0) is 22.0. The molecule has 0 radical (unpaired) electrons. The molecule has 168 valence electrons. The fourth-order valence-corrected chi connectivity index (χ4v) is 5.60. The van der Waals surface area contributed by atoms with Crippen LogP contribution in [0.4, 0.5) is 5.69 Å². The van der Waals surface area contributed by atoms with Gasteiger partial charge in [0.15, 0.2) is 0 Å². The number of nitrogens with zero attached hydrogens (tertiary/aromatic N) is 3. The lowest BCUT2D eigenvalue weighted by atomic mass is 10.0. The minimum atomic E-state index is -3.55. The number of fused-ring (bicyclic) bond motifs is 1. The highest BCUT2D eigenvalue weighted by atomic mass is 32.2. The van der Waals surface area contributed by atoms with Gasteiger partial charge in [-0.25, -0.2) is 13.1 Å². The van der Waals surface area contributed by atoms with Crippen LogP contribution >= 0.6 is 0 Å². The smallest absolute Gasteiger partial charge is 0.240 e. The second-order valence-electron chi connectivity index (χ2n) is 8.76. The van der Waals surface area contributed by atoms with Crippen molar-refractivity contribution in [1.29, 1.82) is 0 Å². The lowest BCUT2D eigenvalue weighted by Crippen LogP contribution is -2.48. The highest BCUT2D eigenvalue weighted by Crippen LogP contribution is 2.31. The van der Waals surface area contributed by atoms with Crippen molar-refractivity contribution in [3.8, 4) is 0 Å². The molecule has 0 aromatic heterocycles. The molecule has 0 bridgehead atoms. The topological polar surface area (TPSA) is 55.9 Å². The van der Waals surface area contributed by atoms with Crippen molar-refractivity contribution < 1.29 is 8.42 Å². The van der Waals surface area contributed by atoms with Gasteiger partial charge in [0.2, 0.25) is 10.0 Å². The third-order valence-corrected chi connectivity index (χ3v) is 8.14. The van der Waals surface area contributed by atoms with Gasteiger partial charge in [-0.2, -0.15) is 0 Å². The minimum absolute atomic E-state index is 0.0228. The minimum Gasteiger partial charge on any atom is -0.374 e. The summed E-state index contributed by atoms with van der Waals surface area (Å²) in [6, 6.07) is 13.9. The highest BCUT2D eigenvalue weighted by molar-refractivity contribution is 7.89. The van der Waals surface area contributed by atoms with E-state index >= 15 is 0 Å². The number of nitrogens with one attached hydrogen (secondary N) is 1. The van der Waals surface area contributed by atoms with Crippen molar-refractivity contribution >= 4 is 15.7 Å². The average molecular weight is 443 g/mol. The molecule has 0 aliphatic carbocycles. The maximum Gasteiger partial charge on any atom is 0.240 e. The molecule has 2 aliphatic rings. The van der Waals surface area contributed by atoms with E-state index in [1.165, 1.54) is 16.8 Å². The lowest BCUT2D eigenvalue weighted by molar-refractivity contribution is 0.113. The quantitative estimate of drug-likeness (QED) is 0.714. The standard InChI is InChI=1S/C24H34N4O2S/c1-4-19-5-8-22(9-6-19)31(29,30)25-18-24(28-15-13-26(2)14-16-28)20-7-10-23-21(17-20)11-12-27(23)3/h5-10,17,24-25H,4,11-16,18H2,1-3H3. The fraction of sp³-hybridized carbons (Fsp3) is 0.500. The number of hydrogen-bond acceptors (Lipinski definition) is 5. The number of rotatable bonds is 7. The Labute approximate surface area is 186 Å². The molecule has 1 fully saturated rings. The summed E-state index contributed by atoms with van der Waals surface area (Å²) < 4.78 is 28.9. The first-order chi connectivity index (χ1) is 14.9. The number of benzene rings is 2. The van der Waals surface area contributed by atoms with Crippen LogP contribution in [0.1, 0.15) is 29.7 Å². The normalized spacial score (nSPS) is 18.9. The number of anilines is 1. The van der Waals surface area contributed by atoms with Crippen molar-refractivity contribution in [2.24, 2.45) is 0 Å². The molecule has 4 rings (SSSR count). The molecule has 0 amide bonds. The monoisotopic (exact) mass is 442 g/mol. The average Bonchev–Trinajstić information content (AvgIpc) is 3.15. The number of piperazine rings is 1. The summed E-state index contributed by atoms with van der Waals surface area (Å²) in [4.78, 5) is 7.36. The van der Waals surface area contributed by atoms with Gasteiger partial charge in [0.25, 0.3) is 0 Å². The number of sulfonamides is 1. The molecule has 1 atom stereocenters. The largest absolute Gasteiger partial charge is 0.374 e. The molecule has 2 aromatic carbocycles. The molecule has 1 unspecified atom stereocenters. The van der Waals surface area contributed by atoms with Gasteiger partial charge >= 0.3 is 0 Å². The van der Waals surface area contributed by atoms with E-state index in [4.69, 9.17) is 0 Å². The third kappa shape index (κ3) is 4.95. The molecular formula is C24H34N4O2S. The Balaban J connectivity index is 1.56. The van der Waals surface area contributed by atoms with Gasteiger partial charge in [-0.3, -0.25) is 4.90 Å². The zero-order valence-corrected chi connectivity index (χ0v) is 19.7. The van der Waals surface area contributed by atoms with Crippen LogP contribution in [-0.2, 0) is 22.9 Å². The second-order valence-corrected chi connectivity index (χ2v) is 10.5. The molecule has 1 N–H and O–H groups in total. The summed E-state index contributed by atoms with van der Waals surface area (Å²) in [6.45, 7) is 7.34. The zero-order valence-electron chi connectivity index (χ0n) is 18.8. The van der Waals surface area contributed by atoms with Crippen molar-refractivity contribution in [3.63, 3.8) is 0 Å². The number of aryl methyl sites for hydroxylation is 1. The first-order valence-electron chi connectivity index (χ1n) is 11.2. The molecule has 2 aliphatic heterocycles. The molecular weight excluding hydrogens is 408 g/mol. The summed E-state index contributed by atoms with van der Waals surface area (Å²) in [6.07, 6.45) is 1.94. The van der Waals surface area contributed by atoms with Crippen molar-refractivity contribution in [2.45, 2.75) is 30.7 Å². The van der Waals surface area contributed by atoms with Gasteiger partial charge in [-0.1, -0.05) is 31.2 Å². The van der Waals surface area contributed by atoms with Crippen LogP contribution < -0.4 is 9.62 Å². The predicted octanol–water partition coefficient (Wildman–Crippen LogP) is 2.51. The summed E-state index contributed by atoms with van der Waals surface area (Å²) in [5.74, 6) is 0. The van der Waals surface area contributed by atoms with E-state index in [1.54, 1.807) is 12.1 Å². The fourth-order valence-electron chi connectivity index (χ4n) is 4.56. The Kier molecular flexibility index (Phi) is 6.67. The molecule has 31 heavy (non-hydrogen) atoms. The van der Waals surface area contributed by atoms with Gasteiger partial charge in [0.1, 0.15) is 0 Å². The van der Waals surface area contributed by atoms with E-state index < -0.39 is 10.0 Å². The Hall–Kier alpha value is -1.93. The van der Waals surface area contributed by atoms with Crippen LogP contribution in [0.25, 0.3) is 0 Å². The number of hydrogen-bond donors (Lipinski definition) is 1. The van der Waals surface area contributed by atoms with Crippen LogP contribution in [0.5, 0.6) is 0 Å². The van der Waals surface area contributed by atoms with Crippen molar-refractivity contribution in [3.05, 3.63) is 59.2 Å². The van der Waals surface area contributed by atoms with Crippen molar-refractivity contribution in [1.82, 2.24) is 14.5 Å². The van der Waals surface area contributed by atoms with E-state index in [1.807, 2.05) is 12.1 Å². The Morgan fingerprint density at radius 3 is 2.35 bits per heavy atom. The maximum atomic E-state index is 13.0. The summed E-state index contributed by atoms with van der Waals surface area (Å²) in [7, 11) is 0.712. The first kappa shape index (κ1) is 22.3. The van der Waals surface area contributed by atoms with E-state index in [-0.39, 0.29) is 6.04 Å². The lowest BCUT2D eigenvalue weighted by Gasteiger charge is -2.38. The van der Waals surface area contributed by atoms with Gasteiger partial charge in [0.05, 0.1) is 4.90 Å². The van der Waals surface area contributed by atoms with Gasteiger partial charge < -0.3 is 9.80 Å². The Morgan fingerprint density at radius 1 is 0.968 bits per heavy atom. The molecule has 2 heterocycles. The molecule has 1 saturated heterocycles. The second kappa shape index (κ2) is 9.28. The van der Waals surface area contributed by atoms with Gasteiger partial charge in [-0.15, -0.1) is 0 Å². The van der Waals surface area contributed by atoms with Gasteiger partial charge in [0, 0.05) is 58.0 Å². The summed E-state index contributed by atoms with van der Waals surface area (Å²) in [5.41, 5.74) is 4.98. The van der Waals surface area contributed by atoms with Crippen LogP contribution in [0.15, 0.2) is 47.4 Å². The molecule has 0 spiro atoms. The van der Waals surface area contributed by atoms with E-state index in [2.05, 4.69) is 58.6 Å². The highest BCUT2D eigenvalue weighted by Gasteiger charge is 2.27. The summed E-state index contributed by atoms with van der Waals surface area (Å²) >= 11 is 0. The van der Waals surface area contributed by atoms with E-state index in [9.17, 15) is 8.42 Å². The Bertz CT molecular complexity index is 999. The first-order valence-corrected chi connectivity index (χ1v) is 12.7.